The van der Waals surface area contributed by atoms with Crippen LogP contribution in [0.5, 0.6) is 0 Å². The zero-order valence-electron chi connectivity index (χ0n) is 13.2. The molecule has 0 radical (unpaired) electrons. The molecule has 2 rings (SSSR count). The summed E-state index contributed by atoms with van der Waals surface area (Å²) in [6.07, 6.45) is 0. The highest BCUT2D eigenvalue weighted by atomic mass is 35.5. The highest BCUT2D eigenvalue weighted by Gasteiger charge is 2.18. The summed E-state index contributed by atoms with van der Waals surface area (Å²) < 4.78 is 0. The van der Waals surface area contributed by atoms with Crippen LogP contribution in [0.3, 0.4) is 0 Å². The van der Waals surface area contributed by atoms with E-state index in [1.165, 1.54) is 22.5 Å². The normalized spacial score (nSPS) is 13.1. The van der Waals surface area contributed by atoms with E-state index < -0.39 is 0 Å². The fraction of sp³-hybridized carbons (Fsp3) is 0.375. The van der Waals surface area contributed by atoms with Gasteiger partial charge in [-0.15, -0.1) is 23.7 Å². The summed E-state index contributed by atoms with van der Waals surface area (Å²) in [4.78, 5) is 16.5. The van der Waals surface area contributed by atoms with Crippen LogP contribution in [0.2, 0.25) is 0 Å². The van der Waals surface area contributed by atoms with Crippen molar-refractivity contribution in [3.8, 4) is 11.3 Å². The largest absolute Gasteiger partial charge is 0.327 e. The lowest BCUT2D eigenvalue weighted by Crippen LogP contribution is -2.34. The van der Waals surface area contributed by atoms with Gasteiger partial charge in [0.15, 0.2) is 5.13 Å². The Morgan fingerprint density at radius 2 is 2.00 bits per heavy atom. The second-order valence-corrected chi connectivity index (χ2v) is 6.35. The predicted molar refractivity (Wildman–Crippen MR) is 95.7 cm³/mol. The predicted octanol–water partition coefficient (Wildman–Crippen LogP) is 3.77. The van der Waals surface area contributed by atoms with Crippen LogP contribution in [0.4, 0.5) is 5.13 Å². The Bertz CT molecular complexity index is 655. The highest BCUT2D eigenvalue weighted by molar-refractivity contribution is 7.14. The van der Waals surface area contributed by atoms with Crippen molar-refractivity contribution in [1.29, 1.82) is 0 Å². The van der Waals surface area contributed by atoms with Crippen molar-refractivity contribution in [2.75, 3.05) is 5.32 Å². The summed E-state index contributed by atoms with van der Waals surface area (Å²) in [6, 6.07) is 6.09. The quantitative estimate of drug-likeness (QED) is 0.890. The Labute approximate surface area is 141 Å². The number of hydrogen-bond acceptors (Lipinski definition) is 4. The van der Waals surface area contributed by atoms with Crippen LogP contribution in [0.1, 0.15) is 25.0 Å². The van der Waals surface area contributed by atoms with E-state index in [9.17, 15) is 4.79 Å². The van der Waals surface area contributed by atoms with Crippen molar-refractivity contribution in [3.05, 3.63) is 34.7 Å². The van der Waals surface area contributed by atoms with E-state index in [1.807, 2.05) is 19.2 Å². The molecule has 6 heteroatoms. The number of benzene rings is 1. The second-order valence-electron chi connectivity index (χ2n) is 5.49. The SMILES string of the molecule is Cc1ccc(-c2csc(NC(=O)C(C)C(C)N)n2)c(C)c1.Cl. The maximum Gasteiger partial charge on any atom is 0.230 e. The van der Waals surface area contributed by atoms with Gasteiger partial charge in [0.1, 0.15) is 0 Å². The molecule has 0 aliphatic carbocycles. The number of nitrogens with one attached hydrogen (secondary N) is 1. The van der Waals surface area contributed by atoms with Crippen molar-refractivity contribution in [1.82, 2.24) is 4.98 Å². The number of aryl methyl sites for hydroxylation is 2. The minimum atomic E-state index is -0.238. The van der Waals surface area contributed by atoms with Gasteiger partial charge in [-0.2, -0.15) is 0 Å². The lowest BCUT2D eigenvalue weighted by atomic mass is 10.0. The Kier molecular flexibility index (Phi) is 6.53. The zero-order chi connectivity index (χ0) is 15.6. The number of rotatable bonds is 4. The van der Waals surface area contributed by atoms with Crippen molar-refractivity contribution < 1.29 is 4.79 Å². The minimum Gasteiger partial charge on any atom is -0.327 e. The molecule has 0 saturated heterocycles. The van der Waals surface area contributed by atoms with Crippen molar-refractivity contribution >= 4 is 34.8 Å². The number of anilines is 1. The fourth-order valence-electron chi connectivity index (χ4n) is 2.01. The maximum absolute atomic E-state index is 12.0. The van der Waals surface area contributed by atoms with Gasteiger partial charge in [-0.1, -0.05) is 30.7 Å². The maximum atomic E-state index is 12.0. The van der Waals surface area contributed by atoms with Gasteiger partial charge in [0.25, 0.3) is 0 Å². The number of hydrogen-bond donors (Lipinski definition) is 2. The lowest BCUT2D eigenvalue weighted by molar-refractivity contribution is -0.119. The fourth-order valence-corrected chi connectivity index (χ4v) is 2.73. The van der Waals surface area contributed by atoms with Crippen molar-refractivity contribution in [2.45, 2.75) is 33.7 Å². The molecule has 1 aromatic heterocycles. The van der Waals surface area contributed by atoms with E-state index in [1.54, 1.807) is 0 Å². The molecule has 0 saturated carbocycles. The number of nitrogens with zero attached hydrogens (tertiary/aromatic N) is 1. The summed E-state index contributed by atoms with van der Waals surface area (Å²) in [5.41, 5.74) is 10.1. The average Bonchev–Trinajstić information content (AvgIpc) is 2.85. The van der Waals surface area contributed by atoms with E-state index >= 15 is 0 Å². The molecule has 120 valence electrons. The monoisotopic (exact) mass is 339 g/mol. The van der Waals surface area contributed by atoms with Crippen molar-refractivity contribution in [3.63, 3.8) is 0 Å². The Morgan fingerprint density at radius 1 is 1.32 bits per heavy atom. The molecular formula is C16H22ClN3OS. The van der Waals surface area contributed by atoms with Gasteiger partial charge >= 0.3 is 0 Å². The third-order valence-corrected chi connectivity index (χ3v) is 4.35. The van der Waals surface area contributed by atoms with E-state index in [-0.39, 0.29) is 30.3 Å². The number of aromatic nitrogens is 1. The first-order valence-corrected chi connectivity index (χ1v) is 7.86. The number of halogens is 1. The van der Waals surface area contributed by atoms with E-state index in [0.717, 1.165) is 11.3 Å². The molecule has 1 aromatic carbocycles. The summed E-state index contributed by atoms with van der Waals surface area (Å²) in [6.45, 7) is 7.78. The van der Waals surface area contributed by atoms with Crippen LogP contribution in [-0.2, 0) is 4.79 Å². The molecule has 0 aliphatic rings. The molecule has 2 unspecified atom stereocenters. The third kappa shape index (κ3) is 4.29. The first kappa shape index (κ1) is 18.6. The van der Waals surface area contributed by atoms with Gasteiger partial charge in [0, 0.05) is 17.0 Å². The number of carbonyl (C=O) groups is 1. The highest BCUT2D eigenvalue weighted by Crippen LogP contribution is 2.28. The van der Waals surface area contributed by atoms with Gasteiger partial charge in [-0.05, 0) is 26.3 Å². The van der Waals surface area contributed by atoms with Gasteiger partial charge in [-0.25, -0.2) is 4.98 Å². The number of nitrogens with two attached hydrogens (primary N) is 1. The molecule has 22 heavy (non-hydrogen) atoms. The summed E-state index contributed by atoms with van der Waals surface area (Å²) >= 11 is 1.43. The van der Waals surface area contributed by atoms with Crippen LogP contribution < -0.4 is 11.1 Å². The van der Waals surface area contributed by atoms with E-state index in [0.29, 0.717) is 5.13 Å². The van der Waals surface area contributed by atoms with Crippen LogP contribution in [-0.4, -0.2) is 16.9 Å². The number of thiazole rings is 1. The summed E-state index contributed by atoms with van der Waals surface area (Å²) in [7, 11) is 0. The Morgan fingerprint density at radius 3 is 2.59 bits per heavy atom. The average molecular weight is 340 g/mol. The first-order valence-electron chi connectivity index (χ1n) is 6.98. The first-order chi connectivity index (χ1) is 9.88. The molecule has 1 heterocycles. The van der Waals surface area contributed by atoms with Crippen LogP contribution >= 0.6 is 23.7 Å². The Hall–Kier alpha value is -1.43. The molecule has 0 fully saturated rings. The molecule has 4 nitrogen and oxygen atoms in total. The van der Waals surface area contributed by atoms with E-state index in [2.05, 4.69) is 42.3 Å². The smallest absolute Gasteiger partial charge is 0.230 e. The molecule has 3 N–H and O–H groups in total. The van der Waals surface area contributed by atoms with Crippen LogP contribution in [0, 0.1) is 19.8 Å². The molecular weight excluding hydrogens is 318 g/mol. The van der Waals surface area contributed by atoms with Gasteiger partial charge in [0.2, 0.25) is 5.91 Å². The van der Waals surface area contributed by atoms with Crippen LogP contribution in [0.25, 0.3) is 11.3 Å². The third-order valence-electron chi connectivity index (χ3n) is 3.59. The molecule has 0 bridgehead atoms. The van der Waals surface area contributed by atoms with E-state index in [4.69, 9.17) is 5.73 Å². The summed E-state index contributed by atoms with van der Waals surface area (Å²) in [5, 5.41) is 5.41. The van der Waals surface area contributed by atoms with Crippen molar-refractivity contribution in [2.24, 2.45) is 11.7 Å². The standard InChI is InChI=1S/C16H21N3OS.ClH/c1-9-5-6-13(10(2)7-9)14-8-21-16(18-14)19-15(20)11(3)12(4)17;/h5-8,11-12H,17H2,1-4H3,(H,18,19,20);1H. The number of carbonyl (C=O) groups excluding carboxylic acids is 1. The molecule has 1 amide bonds. The van der Waals surface area contributed by atoms with Gasteiger partial charge < -0.3 is 11.1 Å². The van der Waals surface area contributed by atoms with Gasteiger partial charge in [-0.3, -0.25) is 4.79 Å². The molecule has 0 aliphatic heterocycles. The summed E-state index contributed by atoms with van der Waals surface area (Å²) in [5.74, 6) is -0.329. The second kappa shape index (κ2) is 7.72. The zero-order valence-corrected chi connectivity index (χ0v) is 14.8. The number of amides is 1. The van der Waals surface area contributed by atoms with Gasteiger partial charge in [0.05, 0.1) is 11.6 Å². The molecule has 2 atom stereocenters. The van der Waals surface area contributed by atoms with Crippen LogP contribution in [0.15, 0.2) is 23.6 Å². The molecule has 2 aromatic rings. The topological polar surface area (TPSA) is 68.0 Å². The molecule has 0 spiro atoms. The Balaban J connectivity index is 0.00000242. The minimum absolute atomic E-state index is 0. The lowest BCUT2D eigenvalue weighted by Gasteiger charge is -2.13.